The second kappa shape index (κ2) is 8.41. The summed E-state index contributed by atoms with van der Waals surface area (Å²) in [7, 11) is -3.83. The summed E-state index contributed by atoms with van der Waals surface area (Å²) in [5.41, 5.74) is -1.29. The van der Waals surface area contributed by atoms with Crippen LogP contribution in [0, 0.1) is 0 Å². The van der Waals surface area contributed by atoms with Gasteiger partial charge in [-0.3, -0.25) is 4.79 Å². The number of rotatable bonds is 5. The first-order valence-electron chi connectivity index (χ1n) is 9.24. The molecule has 0 spiro atoms. The van der Waals surface area contributed by atoms with Gasteiger partial charge in [0.1, 0.15) is 0 Å². The van der Waals surface area contributed by atoms with Gasteiger partial charge >= 0.3 is 6.18 Å². The summed E-state index contributed by atoms with van der Waals surface area (Å²) in [5.74, 6) is -0.133. The van der Waals surface area contributed by atoms with Gasteiger partial charge in [0.2, 0.25) is 5.91 Å². The Morgan fingerprint density at radius 2 is 1.71 bits per heavy atom. The smallest absolute Gasteiger partial charge is 0.350 e. The van der Waals surface area contributed by atoms with Gasteiger partial charge in [0.05, 0.1) is 22.3 Å². The van der Waals surface area contributed by atoms with Gasteiger partial charge in [-0.05, 0) is 64.7 Å². The molecule has 0 atom stereocenters. The number of carbonyl (C=O) groups excluding carboxylic acids is 1. The van der Waals surface area contributed by atoms with Crippen molar-refractivity contribution in [1.29, 1.82) is 0 Å². The molecule has 1 amide bonds. The molecule has 0 saturated heterocycles. The molecule has 158 valence electrons. The van der Waals surface area contributed by atoms with Crippen LogP contribution in [-0.2, 0) is 20.8 Å². The van der Waals surface area contributed by atoms with E-state index in [-0.39, 0.29) is 28.9 Å². The molecule has 0 unspecified atom stereocenters. The Bertz CT molecular complexity index is 793. The minimum Gasteiger partial charge on any atom is -0.350 e. The summed E-state index contributed by atoms with van der Waals surface area (Å²) >= 11 is 0. The fourth-order valence-corrected chi connectivity index (χ4v) is 5.16. The second-order valence-electron chi connectivity index (χ2n) is 8.22. The summed E-state index contributed by atoms with van der Waals surface area (Å²) < 4.78 is 64.1. The zero-order valence-electron chi connectivity index (χ0n) is 16.3. The van der Waals surface area contributed by atoms with E-state index in [9.17, 15) is 26.4 Å². The van der Waals surface area contributed by atoms with Crippen molar-refractivity contribution in [1.82, 2.24) is 10.6 Å². The Morgan fingerprint density at radius 3 is 2.25 bits per heavy atom. The van der Waals surface area contributed by atoms with Crippen LogP contribution in [0.15, 0.2) is 29.2 Å². The Hall–Kier alpha value is -1.61. The summed E-state index contributed by atoms with van der Waals surface area (Å²) in [6, 6.07) is 3.92. The van der Waals surface area contributed by atoms with Crippen molar-refractivity contribution in [3.8, 4) is 0 Å². The molecule has 0 radical (unpaired) electrons. The van der Waals surface area contributed by atoms with Crippen LogP contribution in [-0.4, -0.2) is 37.7 Å². The molecular formula is C19H27F3N2O3S. The van der Waals surface area contributed by atoms with Gasteiger partial charge in [-0.2, -0.15) is 13.2 Å². The Balaban J connectivity index is 1.94. The summed E-state index contributed by atoms with van der Waals surface area (Å²) in [6.07, 6.45) is -2.80. The average molecular weight is 420 g/mol. The average Bonchev–Trinajstić information content (AvgIpc) is 2.58. The van der Waals surface area contributed by atoms with E-state index in [2.05, 4.69) is 10.6 Å². The fourth-order valence-electron chi connectivity index (χ4n) is 3.32. The monoisotopic (exact) mass is 420 g/mol. The maximum absolute atomic E-state index is 12.9. The predicted molar refractivity (Wildman–Crippen MR) is 101 cm³/mol. The lowest BCUT2D eigenvalue weighted by molar-refractivity contribution is -0.137. The molecule has 9 heteroatoms. The molecule has 0 heterocycles. The van der Waals surface area contributed by atoms with Crippen LogP contribution in [0.5, 0.6) is 0 Å². The predicted octanol–water partition coefficient (Wildman–Crippen LogP) is 3.29. The van der Waals surface area contributed by atoms with Crippen molar-refractivity contribution < 1.29 is 26.4 Å². The van der Waals surface area contributed by atoms with E-state index >= 15 is 0 Å². The van der Waals surface area contributed by atoms with Crippen molar-refractivity contribution in [2.45, 2.75) is 74.4 Å². The number of hydrogen-bond donors (Lipinski definition) is 2. The molecule has 1 aliphatic rings. The van der Waals surface area contributed by atoms with E-state index in [1.54, 1.807) is 0 Å². The lowest BCUT2D eigenvalue weighted by Crippen LogP contribution is -2.47. The zero-order chi connectivity index (χ0) is 21.2. The maximum atomic E-state index is 12.9. The van der Waals surface area contributed by atoms with E-state index in [0.717, 1.165) is 12.1 Å². The van der Waals surface area contributed by atoms with E-state index in [1.165, 1.54) is 6.07 Å². The van der Waals surface area contributed by atoms with Gasteiger partial charge < -0.3 is 10.6 Å². The fraction of sp³-hybridized carbons (Fsp3) is 0.632. The van der Waals surface area contributed by atoms with Crippen molar-refractivity contribution in [3.63, 3.8) is 0 Å². The van der Waals surface area contributed by atoms with Crippen molar-refractivity contribution in [3.05, 3.63) is 29.8 Å². The van der Waals surface area contributed by atoms with E-state index in [0.29, 0.717) is 31.7 Å². The van der Waals surface area contributed by atoms with Crippen LogP contribution >= 0.6 is 0 Å². The zero-order valence-corrected chi connectivity index (χ0v) is 17.1. The largest absolute Gasteiger partial charge is 0.416 e. The molecule has 5 nitrogen and oxygen atoms in total. The Labute approximate surface area is 164 Å². The molecule has 1 aliphatic carbocycles. The summed E-state index contributed by atoms with van der Waals surface area (Å²) in [4.78, 5) is 11.6. The Kier molecular flexibility index (Phi) is 6.81. The molecule has 0 bridgehead atoms. The van der Waals surface area contributed by atoms with Crippen molar-refractivity contribution >= 4 is 15.7 Å². The van der Waals surface area contributed by atoms with Crippen molar-refractivity contribution in [2.24, 2.45) is 0 Å². The van der Waals surface area contributed by atoms with Gasteiger partial charge in [0.15, 0.2) is 9.84 Å². The lowest BCUT2D eigenvalue weighted by atomic mass is 9.95. The number of sulfone groups is 1. The molecule has 0 aromatic heterocycles. The van der Waals surface area contributed by atoms with Crippen LogP contribution in [0.25, 0.3) is 0 Å². The van der Waals surface area contributed by atoms with E-state index < -0.39 is 26.8 Å². The van der Waals surface area contributed by atoms with Crippen LogP contribution in [0.3, 0.4) is 0 Å². The number of hydrogen-bond acceptors (Lipinski definition) is 4. The van der Waals surface area contributed by atoms with Gasteiger partial charge in [0.25, 0.3) is 0 Å². The highest BCUT2D eigenvalue weighted by molar-refractivity contribution is 7.92. The minimum absolute atomic E-state index is 0.0127. The molecule has 1 aromatic carbocycles. The van der Waals surface area contributed by atoms with Gasteiger partial charge in [-0.15, -0.1) is 0 Å². The van der Waals surface area contributed by atoms with Crippen molar-refractivity contribution in [2.75, 3.05) is 6.54 Å². The number of alkyl halides is 3. The summed E-state index contributed by atoms with van der Waals surface area (Å²) in [5, 5.41) is 5.26. The van der Waals surface area contributed by atoms with Gasteiger partial charge in [-0.25, -0.2) is 8.42 Å². The van der Waals surface area contributed by atoms with Gasteiger partial charge in [-0.1, -0.05) is 6.07 Å². The molecule has 2 rings (SSSR count). The molecule has 1 saturated carbocycles. The lowest BCUT2D eigenvalue weighted by Gasteiger charge is -2.29. The molecule has 1 fully saturated rings. The van der Waals surface area contributed by atoms with Crippen LogP contribution in [0.2, 0.25) is 0 Å². The third-order valence-corrected chi connectivity index (χ3v) is 6.93. The molecule has 0 aliphatic heterocycles. The first-order valence-corrected chi connectivity index (χ1v) is 10.8. The topological polar surface area (TPSA) is 75.3 Å². The molecule has 1 aromatic rings. The SMILES string of the molecule is CC(C)(C)NC(=O)CN[C@H]1CC[C@@H](S(=O)(=O)c2cccc(C(F)(F)F)c2)CC1. The second-order valence-corrected chi connectivity index (χ2v) is 10.5. The van der Waals surface area contributed by atoms with E-state index in [1.807, 2.05) is 20.8 Å². The minimum atomic E-state index is -4.58. The van der Waals surface area contributed by atoms with Crippen LogP contribution < -0.4 is 10.6 Å². The summed E-state index contributed by atoms with van der Waals surface area (Å²) in [6.45, 7) is 5.80. The standard InChI is InChI=1S/C19H27F3N2O3S/c1-18(2,3)24-17(25)12-23-14-7-9-15(10-8-14)28(26,27)16-6-4-5-13(11-16)19(20,21)22/h4-6,11,14-15,23H,7-10,12H2,1-3H3,(H,24,25)/t14-,15+. The number of amides is 1. The first-order chi connectivity index (χ1) is 12.8. The molecule has 28 heavy (non-hydrogen) atoms. The number of carbonyl (C=O) groups is 1. The highest BCUT2D eigenvalue weighted by Crippen LogP contribution is 2.33. The maximum Gasteiger partial charge on any atom is 0.416 e. The number of benzene rings is 1. The third-order valence-electron chi connectivity index (χ3n) is 4.67. The highest BCUT2D eigenvalue weighted by atomic mass is 32.2. The molecule has 2 N–H and O–H groups in total. The van der Waals surface area contributed by atoms with Crippen LogP contribution in [0.1, 0.15) is 52.0 Å². The van der Waals surface area contributed by atoms with Crippen LogP contribution in [0.4, 0.5) is 13.2 Å². The normalized spacial score (nSPS) is 21.4. The first kappa shape index (κ1) is 22.7. The third kappa shape index (κ3) is 6.20. The quantitative estimate of drug-likeness (QED) is 0.767. The Morgan fingerprint density at radius 1 is 1.11 bits per heavy atom. The molecular weight excluding hydrogens is 393 g/mol. The highest BCUT2D eigenvalue weighted by Gasteiger charge is 2.35. The number of nitrogens with one attached hydrogen (secondary N) is 2. The number of halogens is 3. The van der Waals surface area contributed by atoms with Gasteiger partial charge in [0, 0.05) is 11.6 Å². The van der Waals surface area contributed by atoms with E-state index in [4.69, 9.17) is 0 Å².